The van der Waals surface area contributed by atoms with Crippen molar-refractivity contribution in [1.29, 1.82) is 0 Å². The van der Waals surface area contributed by atoms with Gasteiger partial charge in [0.15, 0.2) is 0 Å². The Labute approximate surface area is 79.8 Å². The first-order chi connectivity index (χ1) is 6.59. The molecule has 0 spiro atoms. The number of aromatic carboxylic acids is 1. The lowest BCUT2D eigenvalue weighted by molar-refractivity contribution is -0.116. The molecule has 0 radical (unpaired) electrons. The summed E-state index contributed by atoms with van der Waals surface area (Å²) in [4.78, 5) is 24.5. The average Bonchev–Trinajstić information content (AvgIpc) is 2.15. The Kier molecular flexibility index (Phi) is 3.01. The second-order valence-corrected chi connectivity index (χ2v) is 2.56. The number of nitrogens with two attached hydrogens (primary N) is 1. The Bertz CT molecular complexity index is 347. The largest absolute Gasteiger partial charge is 0.477 e. The Morgan fingerprint density at radius 3 is 2.64 bits per heavy atom. The van der Waals surface area contributed by atoms with Crippen LogP contribution in [0.2, 0.25) is 0 Å². The number of amides is 1. The van der Waals surface area contributed by atoms with Gasteiger partial charge in [0.05, 0.1) is 18.4 Å². The highest BCUT2D eigenvalue weighted by molar-refractivity contribution is 5.85. The topological polar surface area (TPSA) is 105 Å². The molecule has 0 saturated carbocycles. The van der Waals surface area contributed by atoms with Crippen LogP contribution in [0.4, 0.5) is 5.69 Å². The molecule has 74 valence electrons. The Balaban J connectivity index is 2.64. The predicted molar refractivity (Wildman–Crippen MR) is 48.9 cm³/mol. The number of nitrogens with zero attached hydrogens (tertiary/aromatic N) is 1. The normalized spacial score (nSPS) is 9.43. The lowest BCUT2D eigenvalue weighted by Crippen LogP contribution is -2.21. The molecule has 14 heavy (non-hydrogen) atoms. The van der Waals surface area contributed by atoms with Crippen LogP contribution in [0, 0.1) is 0 Å². The predicted octanol–water partition coefficient (Wildman–Crippen LogP) is -0.323. The minimum atomic E-state index is -1.09. The van der Waals surface area contributed by atoms with E-state index in [4.69, 9.17) is 10.8 Å². The molecule has 6 heteroatoms. The zero-order valence-corrected chi connectivity index (χ0v) is 7.23. The second kappa shape index (κ2) is 4.22. The number of hydrogen-bond donors (Lipinski definition) is 3. The SMILES string of the molecule is NC(=O)CNc1ccc(C(=O)O)nc1. The summed E-state index contributed by atoms with van der Waals surface area (Å²) in [6.45, 7) is -0.00586. The monoisotopic (exact) mass is 195 g/mol. The van der Waals surface area contributed by atoms with E-state index in [9.17, 15) is 9.59 Å². The number of hydrogen-bond acceptors (Lipinski definition) is 4. The van der Waals surface area contributed by atoms with Gasteiger partial charge in [-0.25, -0.2) is 9.78 Å². The van der Waals surface area contributed by atoms with Gasteiger partial charge in [-0.3, -0.25) is 4.79 Å². The molecule has 6 nitrogen and oxygen atoms in total. The molecule has 1 heterocycles. The average molecular weight is 195 g/mol. The fraction of sp³-hybridized carbons (Fsp3) is 0.125. The van der Waals surface area contributed by atoms with Crippen LogP contribution >= 0.6 is 0 Å². The van der Waals surface area contributed by atoms with Crippen molar-refractivity contribution in [2.24, 2.45) is 5.73 Å². The molecule has 0 aliphatic heterocycles. The number of primary amides is 1. The van der Waals surface area contributed by atoms with E-state index in [-0.39, 0.29) is 12.2 Å². The Morgan fingerprint density at radius 1 is 1.50 bits per heavy atom. The second-order valence-electron chi connectivity index (χ2n) is 2.56. The zero-order chi connectivity index (χ0) is 10.6. The Morgan fingerprint density at radius 2 is 2.21 bits per heavy atom. The van der Waals surface area contributed by atoms with E-state index in [0.29, 0.717) is 5.69 Å². The summed E-state index contributed by atoms with van der Waals surface area (Å²) >= 11 is 0. The standard InChI is InChI=1S/C8H9N3O3/c9-7(12)4-10-5-1-2-6(8(13)14)11-3-5/h1-3,10H,4H2,(H2,9,12)(H,13,14). The highest BCUT2D eigenvalue weighted by atomic mass is 16.4. The molecule has 0 atom stereocenters. The summed E-state index contributed by atoms with van der Waals surface area (Å²) in [5, 5.41) is 11.2. The van der Waals surface area contributed by atoms with Crippen LogP contribution < -0.4 is 11.1 Å². The van der Waals surface area contributed by atoms with Crippen molar-refractivity contribution in [2.75, 3.05) is 11.9 Å². The number of aromatic nitrogens is 1. The minimum Gasteiger partial charge on any atom is -0.477 e. The molecular weight excluding hydrogens is 186 g/mol. The van der Waals surface area contributed by atoms with E-state index >= 15 is 0 Å². The molecule has 4 N–H and O–H groups in total. The third kappa shape index (κ3) is 2.74. The Hall–Kier alpha value is -2.11. The number of carboxylic acids is 1. The molecule has 0 aliphatic rings. The molecule has 1 aromatic rings. The molecule has 0 unspecified atom stereocenters. The van der Waals surface area contributed by atoms with Crippen LogP contribution in [0.3, 0.4) is 0 Å². The van der Waals surface area contributed by atoms with Crippen LogP contribution in [0.15, 0.2) is 18.3 Å². The maximum absolute atomic E-state index is 10.4. The number of carbonyl (C=O) groups is 2. The molecule has 0 aliphatic carbocycles. The van der Waals surface area contributed by atoms with Crippen molar-refractivity contribution in [3.05, 3.63) is 24.0 Å². The van der Waals surface area contributed by atoms with Crippen molar-refractivity contribution >= 4 is 17.6 Å². The number of anilines is 1. The maximum atomic E-state index is 10.4. The van der Waals surface area contributed by atoms with Gasteiger partial charge in [-0.15, -0.1) is 0 Å². The van der Waals surface area contributed by atoms with E-state index in [1.165, 1.54) is 18.3 Å². The van der Waals surface area contributed by atoms with Gasteiger partial charge in [-0.05, 0) is 12.1 Å². The molecule has 0 bridgehead atoms. The first kappa shape index (κ1) is 9.97. The smallest absolute Gasteiger partial charge is 0.354 e. The van der Waals surface area contributed by atoms with Gasteiger partial charge in [0.2, 0.25) is 5.91 Å². The summed E-state index contributed by atoms with van der Waals surface area (Å²) in [6, 6.07) is 2.85. The third-order valence-corrected chi connectivity index (χ3v) is 1.45. The van der Waals surface area contributed by atoms with Gasteiger partial charge >= 0.3 is 5.97 Å². The fourth-order valence-electron chi connectivity index (χ4n) is 0.814. The van der Waals surface area contributed by atoms with E-state index < -0.39 is 11.9 Å². The van der Waals surface area contributed by atoms with Crippen molar-refractivity contribution in [3.8, 4) is 0 Å². The van der Waals surface area contributed by atoms with Gasteiger partial charge in [0, 0.05) is 0 Å². The lowest BCUT2D eigenvalue weighted by atomic mass is 10.3. The van der Waals surface area contributed by atoms with Gasteiger partial charge in [0.1, 0.15) is 5.69 Å². The summed E-state index contributed by atoms with van der Waals surface area (Å²) in [5.74, 6) is -1.58. The van der Waals surface area contributed by atoms with Crippen LogP contribution in [-0.4, -0.2) is 28.5 Å². The quantitative estimate of drug-likeness (QED) is 0.610. The number of carbonyl (C=O) groups excluding carboxylic acids is 1. The molecular formula is C8H9N3O3. The van der Waals surface area contributed by atoms with Crippen molar-refractivity contribution in [1.82, 2.24) is 4.98 Å². The molecule has 1 rings (SSSR count). The van der Waals surface area contributed by atoms with Gasteiger partial charge in [0.25, 0.3) is 0 Å². The van der Waals surface area contributed by atoms with Gasteiger partial charge in [-0.2, -0.15) is 0 Å². The van der Waals surface area contributed by atoms with Crippen LogP contribution in [0.25, 0.3) is 0 Å². The maximum Gasteiger partial charge on any atom is 0.354 e. The molecule has 0 fully saturated rings. The molecule has 1 aromatic heterocycles. The van der Waals surface area contributed by atoms with Crippen molar-refractivity contribution < 1.29 is 14.7 Å². The molecule has 1 amide bonds. The molecule has 0 aromatic carbocycles. The van der Waals surface area contributed by atoms with Crippen LogP contribution in [0.5, 0.6) is 0 Å². The summed E-state index contributed by atoms with van der Waals surface area (Å²) in [5.41, 5.74) is 5.41. The lowest BCUT2D eigenvalue weighted by Gasteiger charge is -2.02. The van der Waals surface area contributed by atoms with Crippen LogP contribution in [-0.2, 0) is 4.79 Å². The van der Waals surface area contributed by atoms with Crippen LogP contribution in [0.1, 0.15) is 10.5 Å². The number of rotatable bonds is 4. The van der Waals surface area contributed by atoms with Crippen molar-refractivity contribution in [3.63, 3.8) is 0 Å². The first-order valence-corrected chi connectivity index (χ1v) is 3.81. The van der Waals surface area contributed by atoms with Gasteiger partial charge < -0.3 is 16.2 Å². The number of pyridine rings is 1. The molecule has 0 saturated heterocycles. The van der Waals surface area contributed by atoms with E-state index in [1.807, 2.05) is 0 Å². The summed E-state index contributed by atoms with van der Waals surface area (Å²) in [7, 11) is 0. The third-order valence-electron chi connectivity index (χ3n) is 1.45. The van der Waals surface area contributed by atoms with Crippen molar-refractivity contribution in [2.45, 2.75) is 0 Å². The number of carboxylic acid groups (broad SMARTS) is 1. The van der Waals surface area contributed by atoms with E-state index in [1.54, 1.807) is 0 Å². The van der Waals surface area contributed by atoms with E-state index in [2.05, 4.69) is 10.3 Å². The van der Waals surface area contributed by atoms with Gasteiger partial charge in [-0.1, -0.05) is 0 Å². The van der Waals surface area contributed by atoms with E-state index in [0.717, 1.165) is 0 Å². The highest BCUT2D eigenvalue weighted by Crippen LogP contribution is 2.05. The first-order valence-electron chi connectivity index (χ1n) is 3.81. The highest BCUT2D eigenvalue weighted by Gasteiger charge is 2.03. The zero-order valence-electron chi connectivity index (χ0n) is 7.23. The minimum absolute atomic E-state index is 0.00586. The fourth-order valence-corrected chi connectivity index (χ4v) is 0.814. The number of nitrogens with one attached hydrogen (secondary N) is 1. The summed E-state index contributed by atoms with van der Waals surface area (Å²) < 4.78 is 0. The summed E-state index contributed by atoms with van der Waals surface area (Å²) in [6.07, 6.45) is 1.33.